The first-order chi connectivity index (χ1) is 9.44. The highest BCUT2D eigenvalue weighted by Crippen LogP contribution is 2.30. The summed E-state index contributed by atoms with van der Waals surface area (Å²) >= 11 is 0. The van der Waals surface area contributed by atoms with Crippen LogP contribution >= 0.6 is 0 Å². The maximum atomic E-state index is 12.1. The van der Waals surface area contributed by atoms with Crippen LogP contribution in [0, 0.1) is 0 Å². The van der Waals surface area contributed by atoms with Crippen molar-refractivity contribution in [2.75, 3.05) is 39.1 Å². The van der Waals surface area contributed by atoms with Gasteiger partial charge in [-0.3, -0.25) is 4.72 Å². The van der Waals surface area contributed by atoms with Gasteiger partial charge in [0.25, 0.3) is 0 Å². The van der Waals surface area contributed by atoms with E-state index in [-0.39, 0.29) is 13.2 Å². The van der Waals surface area contributed by atoms with Crippen LogP contribution in [0.15, 0.2) is 18.2 Å². The molecule has 8 heteroatoms. The average molecular weight is 304 g/mol. The minimum atomic E-state index is -3.69. The number of benzene rings is 1. The predicted molar refractivity (Wildman–Crippen MR) is 76.4 cm³/mol. The van der Waals surface area contributed by atoms with Gasteiger partial charge in [0.05, 0.1) is 19.9 Å². The number of ether oxygens (including phenoxy) is 2. The fraction of sp³-hybridized carbons (Fsp3) is 0.500. The molecule has 0 amide bonds. The SMILES string of the molecule is COc1ccc(NS(=O)(=O)N(C)CCCO)c(OC)c1. The van der Waals surface area contributed by atoms with Gasteiger partial charge >= 0.3 is 10.2 Å². The van der Waals surface area contributed by atoms with Gasteiger partial charge in [-0.05, 0) is 18.6 Å². The van der Waals surface area contributed by atoms with Crippen LogP contribution in [0.25, 0.3) is 0 Å². The van der Waals surface area contributed by atoms with Crippen LogP contribution < -0.4 is 14.2 Å². The minimum Gasteiger partial charge on any atom is -0.497 e. The largest absolute Gasteiger partial charge is 0.497 e. The first-order valence-electron chi connectivity index (χ1n) is 6.01. The number of nitrogens with one attached hydrogen (secondary N) is 1. The van der Waals surface area contributed by atoms with Gasteiger partial charge in [0.1, 0.15) is 11.5 Å². The molecular weight excluding hydrogens is 284 g/mol. The molecular formula is C12H20N2O5S. The molecule has 1 aromatic carbocycles. The van der Waals surface area contributed by atoms with Gasteiger partial charge in [0.15, 0.2) is 0 Å². The molecule has 1 rings (SSSR count). The number of nitrogens with zero attached hydrogens (tertiary/aromatic N) is 1. The third kappa shape index (κ3) is 4.26. The molecule has 7 nitrogen and oxygen atoms in total. The molecule has 0 aliphatic heterocycles. The molecule has 114 valence electrons. The molecule has 0 unspecified atom stereocenters. The van der Waals surface area contributed by atoms with Crippen LogP contribution in [0.5, 0.6) is 11.5 Å². The molecule has 0 spiro atoms. The zero-order chi connectivity index (χ0) is 15.2. The van der Waals surface area contributed by atoms with Crippen molar-refractivity contribution in [2.45, 2.75) is 6.42 Å². The van der Waals surface area contributed by atoms with E-state index in [1.54, 1.807) is 18.2 Å². The Morgan fingerprint density at radius 1 is 1.30 bits per heavy atom. The molecule has 0 aliphatic carbocycles. The second-order valence-electron chi connectivity index (χ2n) is 4.07. The van der Waals surface area contributed by atoms with Gasteiger partial charge in [-0.2, -0.15) is 12.7 Å². The number of rotatable bonds is 8. The Balaban J connectivity index is 2.91. The first-order valence-corrected chi connectivity index (χ1v) is 7.45. The first kappa shape index (κ1) is 16.5. The fourth-order valence-electron chi connectivity index (χ4n) is 1.51. The Kier molecular flexibility index (Phi) is 6.05. The summed E-state index contributed by atoms with van der Waals surface area (Å²) in [4.78, 5) is 0. The van der Waals surface area contributed by atoms with E-state index in [2.05, 4.69) is 4.72 Å². The summed E-state index contributed by atoms with van der Waals surface area (Å²) in [6.07, 6.45) is 0.372. The van der Waals surface area contributed by atoms with Crippen molar-refractivity contribution in [1.29, 1.82) is 0 Å². The van der Waals surface area contributed by atoms with Crippen molar-refractivity contribution in [3.63, 3.8) is 0 Å². The molecule has 0 bridgehead atoms. The standard InChI is InChI=1S/C12H20N2O5S/c1-14(7-4-8-15)20(16,17)13-11-6-5-10(18-2)9-12(11)19-3/h5-6,9,13,15H,4,7-8H2,1-3H3. The van der Waals surface area contributed by atoms with E-state index >= 15 is 0 Å². The maximum absolute atomic E-state index is 12.1. The highest BCUT2D eigenvalue weighted by Gasteiger charge is 2.19. The second kappa shape index (κ2) is 7.32. The summed E-state index contributed by atoms with van der Waals surface area (Å²) in [5, 5.41) is 8.73. The Labute approximate surface area is 119 Å². The predicted octanol–water partition coefficient (Wildman–Crippen LogP) is 0.675. The topological polar surface area (TPSA) is 88.1 Å². The summed E-state index contributed by atoms with van der Waals surface area (Å²) in [5.74, 6) is 0.932. The number of hydrogen-bond donors (Lipinski definition) is 2. The Morgan fingerprint density at radius 3 is 2.55 bits per heavy atom. The van der Waals surface area contributed by atoms with Gasteiger partial charge in [-0.15, -0.1) is 0 Å². The van der Waals surface area contributed by atoms with E-state index in [1.807, 2.05) is 0 Å². The van der Waals surface area contributed by atoms with Crippen molar-refractivity contribution in [3.8, 4) is 11.5 Å². The van der Waals surface area contributed by atoms with Crippen molar-refractivity contribution >= 4 is 15.9 Å². The zero-order valence-electron chi connectivity index (χ0n) is 11.8. The molecule has 20 heavy (non-hydrogen) atoms. The van der Waals surface area contributed by atoms with Crippen LogP contribution in [-0.2, 0) is 10.2 Å². The molecule has 0 radical (unpaired) electrons. The van der Waals surface area contributed by atoms with E-state index in [1.165, 1.54) is 21.3 Å². The number of hydrogen-bond acceptors (Lipinski definition) is 5. The highest BCUT2D eigenvalue weighted by molar-refractivity contribution is 7.90. The van der Waals surface area contributed by atoms with Crippen molar-refractivity contribution < 1.29 is 23.0 Å². The van der Waals surface area contributed by atoms with Crippen LogP contribution in [0.3, 0.4) is 0 Å². The number of methoxy groups -OCH3 is 2. The van der Waals surface area contributed by atoms with Crippen LogP contribution in [0.4, 0.5) is 5.69 Å². The number of aliphatic hydroxyl groups excluding tert-OH is 1. The molecule has 2 N–H and O–H groups in total. The molecule has 0 aromatic heterocycles. The summed E-state index contributed by atoms with van der Waals surface area (Å²) < 4.78 is 37.9. The zero-order valence-corrected chi connectivity index (χ0v) is 12.6. The third-order valence-corrected chi connectivity index (χ3v) is 4.17. The molecule has 0 saturated heterocycles. The quantitative estimate of drug-likeness (QED) is 0.737. The monoisotopic (exact) mass is 304 g/mol. The molecule has 0 aliphatic rings. The van der Waals surface area contributed by atoms with Crippen LogP contribution in [0.2, 0.25) is 0 Å². The van der Waals surface area contributed by atoms with Gasteiger partial charge in [0.2, 0.25) is 0 Å². The average Bonchev–Trinajstić information content (AvgIpc) is 2.44. The van der Waals surface area contributed by atoms with Crippen molar-refractivity contribution in [3.05, 3.63) is 18.2 Å². The Morgan fingerprint density at radius 2 is 2.00 bits per heavy atom. The van der Waals surface area contributed by atoms with Crippen molar-refractivity contribution in [2.24, 2.45) is 0 Å². The maximum Gasteiger partial charge on any atom is 0.301 e. The van der Waals surface area contributed by atoms with Gasteiger partial charge in [-0.25, -0.2) is 0 Å². The molecule has 0 heterocycles. The van der Waals surface area contributed by atoms with E-state index < -0.39 is 10.2 Å². The van der Waals surface area contributed by atoms with E-state index in [4.69, 9.17) is 14.6 Å². The van der Waals surface area contributed by atoms with E-state index in [9.17, 15) is 8.42 Å². The van der Waals surface area contributed by atoms with Gasteiger partial charge in [0, 0.05) is 26.3 Å². The second-order valence-corrected chi connectivity index (χ2v) is 5.85. The lowest BCUT2D eigenvalue weighted by Crippen LogP contribution is -2.33. The van der Waals surface area contributed by atoms with E-state index in [0.29, 0.717) is 23.6 Å². The van der Waals surface area contributed by atoms with Crippen LogP contribution in [0.1, 0.15) is 6.42 Å². The van der Waals surface area contributed by atoms with E-state index in [0.717, 1.165) is 4.31 Å². The van der Waals surface area contributed by atoms with Crippen LogP contribution in [-0.4, -0.2) is 52.2 Å². The lowest BCUT2D eigenvalue weighted by molar-refractivity contribution is 0.276. The lowest BCUT2D eigenvalue weighted by atomic mass is 10.3. The molecule has 0 fully saturated rings. The van der Waals surface area contributed by atoms with Gasteiger partial charge < -0.3 is 14.6 Å². The fourth-order valence-corrected chi connectivity index (χ4v) is 2.49. The van der Waals surface area contributed by atoms with Gasteiger partial charge in [-0.1, -0.05) is 0 Å². The summed E-state index contributed by atoms with van der Waals surface area (Å²) in [7, 11) is 0.714. The van der Waals surface area contributed by atoms with Crippen molar-refractivity contribution in [1.82, 2.24) is 4.31 Å². The lowest BCUT2D eigenvalue weighted by Gasteiger charge is -2.19. The number of anilines is 1. The smallest absolute Gasteiger partial charge is 0.301 e. The number of aliphatic hydroxyl groups is 1. The summed E-state index contributed by atoms with van der Waals surface area (Å²) in [6, 6.07) is 4.79. The molecule has 0 atom stereocenters. The highest BCUT2D eigenvalue weighted by atomic mass is 32.2. The summed E-state index contributed by atoms with van der Waals surface area (Å²) in [6.45, 7) is 0.163. The summed E-state index contributed by atoms with van der Waals surface area (Å²) in [5.41, 5.74) is 0.323. The Hall–Kier alpha value is -1.51. The normalized spacial score (nSPS) is 11.4. The molecule has 1 aromatic rings. The third-order valence-electron chi connectivity index (χ3n) is 2.69. The Bertz CT molecular complexity index is 533. The molecule has 0 saturated carbocycles. The minimum absolute atomic E-state index is 0.0638.